The SMILES string of the molecule is CCCC1CCc2cc(CC(=O)OC)ccc2N1. The summed E-state index contributed by atoms with van der Waals surface area (Å²) < 4.78 is 4.69. The van der Waals surface area contributed by atoms with E-state index in [4.69, 9.17) is 4.74 Å². The van der Waals surface area contributed by atoms with Gasteiger partial charge in [0.05, 0.1) is 13.5 Å². The van der Waals surface area contributed by atoms with Crippen molar-refractivity contribution in [1.29, 1.82) is 0 Å². The smallest absolute Gasteiger partial charge is 0.309 e. The molecule has 1 aliphatic heterocycles. The largest absolute Gasteiger partial charge is 0.469 e. The van der Waals surface area contributed by atoms with E-state index in [1.165, 1.54) is 37.6 Å². The molecule has 98 valence electrons. The van der Waals surface area contributed by atoms with Crippen LogP contribution in [0, 0.1) is 0 Å². The first kappa shape index (κ1) is 12.9. The summed E-state index contributed by atoms with van der Waals surface area (Å²) in [6.07, 6.45) is 5.09. The monoisotopic (exact) mass is 247 g/mol. The van der Waals surface area contributed by atoms with Crippen molar-refractivity contribution in [2.45, 2.75) is 45.1 Å². The zero-order valence-electron chi connectivity index (χ0n) is 11.2. The molecule has 2 rings (SSSR count). The van der Waals surface area contributed by atoms with Crippen LogP contribution >= 0.6 is 0 Å². The molecule has 1 atom stereocenters. The molecule has 0 saturated carbocycles. The van der Waals surface area contributed by atoms with Crippen molar-refractivity contribution in [3.63, 3.8) is 0 Å². The van der Waals surface area contributed by atoms with Crippen molar-refractivity contribution < 1.29 is 9.53 Å². The Labute approximate surface area is 109 Å². The number of anilines is 1. The standard InChI is InChI=1S/C15H21NO2/c1-3-4-13-7-6-12-9-11(10-15(17)18-2)5-8-14(12)16-13/h5,8-9,13,16H,3-4,6-7,10H2,1-2H3. The second kappa shape index (κ2) is 5.89. The Bertz CT molecular complexity index is 429. The zero-order chi connectivity index (χ0) is 13.0. The fraction of sp³-hybridized carbons (Fsp3) is 0.533. The Hall–Kier alpha value is -1.51. The number of hydrogen-bond donors (Lipinski definition) is 1. The summed E-state index contributed by atoms with van der Waals surface area (Å²) in [6, 6.07) is 6.84. The van der Waals surface area contributed by atoms with E-state index < -0.39 is 0 Å². The van der Waals surface area contributed by atoms with E-state index in [1.807, 2.05) is 6.07 Å². The van der Waals surface area contributed by atoms with Gasteiger partial charge in [0, 0.05) is 11.7 Å². The Balaban J connectivity index is 2.07. The molecule has 1 aromatic rings. The lowest BCUT2D eigenvalue weighted by atomic mass is 9.94. The molecule has 0 aromatic heterocycles. The summed E-state index contributed by atoms with van der Waals surface area (Å²) in [5.41, 5.74) is 3.59. The minimum Gasteiger partial charge on any atom is -0.469 e. The van der Waals surface area contributed by atoms with Crippen LogP contribution in [0.4, 0.5) is 5.69 Å². The Morgan fingerprint density at radius 1 is 1.50 bits per heavy atom. The minimum absolute atomic E-state index is 0.178. The van der Waals surface area contributed by atoms with Gasteiger partial charge in [-0.2, -0.15) is 0 Å². The van der Waals surface area contributed by atoms with E-state index in [0.717, 1.165) is 12.0 Å². The number of nitrogens with one attached hydrogen (secondary N) is 1. The highest BCUT2D eigenvalue weighted by Crippen LogP contribution is 2.27. The summed E-state index contributed by atoms with van der Waals surface area (Å²) in [7, 11) is 1.43. The lowest BCUT2D eigenvalue weighted by Crippen LogP contribution is -2.25. The second-order valence-electron chi connectivity index (χ2n) is 4.91. The van der Waals surface area contributed by atoms with Gasteiger partial charge in [0.2, 0.25) is 0 Å². The van der Waals surface area contributed by atoms with E-state index in [1.54, 1.807) is 0 Å². The van der Waals surface area contributed by atoms with Crippen molar-refractivity contribution in [1.82, 2.24) is 0 Å². The maximum atomic E-state index is 11.2. The summed E-state index contributed by atoms with van der Waals surface area (Å²) >= 11 is 0. The molecular formula is C15H21NO2. The lowest BCUT2D eigenvalue weighted by Gasteiger charge is -2.27. The van der Waals surface area contributed by atoms with Gasteiger partial charge >= 0.3 is 5.97 Å². The Morgan fingerprint density at radius 3 is 3.06 bits per heavy atom. The highest BCUT2D eigenvalue weighted by atomic mass is 16.5. The predicted molar refractivity (Wildman–Crippen MR) is 72.8 cm³/mol. The summed E-state index contributed by atoms with van der Waals surface area (Å²) in [4.78, 5) is 11.2. The van der Waals surface area contributed by atoms with Crippen LogP contribution < -0.4 is 5.32 Å². The van der Waals surface area contributed by atoms with Crippen molar-refractivity contribution in [3.05, 3.63) is 29.3 Å². The van der Waals surface area contributed by atoms with Crippen molar-refractivity contribution in [2.75, 3.05) is 12.4 Å². The zero-order valence-corrected chi connectivity index (χ0v) is 11.2. The second-order valence-corrected chi connectivity index (χ2v) is 4.91. The number of carbonyl (C=O) groups is 1. The molecule has 0 radical (unpaired) electrons. The van der Waals surface area contributed by atoms with E-state index in [0.29, 0.717) is 12.5 Å². The number of fused-ring (bicyclic) bond motifs is 1. The van der Waals surface area contributed by atoms with Gasteiger partial charge in [0.1, 0.15) is 0 Å². The molecule has 1 aliphatic rings. The van der Waals surface area contributed by atoms with Crippen LogP contribution in [0.2, 0.25) is 0 Å². The topological polar surface area (TPSA) is 38.3 Å². The highest BCUT2D eigenvalue weighted by Gasteiger charge is 2.17. The number of hydrogen-bond acceptors (Lipinski definition) is 3. The number of rotatable bonds is 4. The predicted octanol–water partition coefficient (Wildman–Crippen LogP) is 2.93. The molecule has 1 heterocycles. The van der Waals surface area contributed by atoms with Crippen LogP contribution in [0.3, 0.4) is 0 Å². The number of methoxy groups -OCH3 is 1. The molecule has 18 heavy (non-hydrogen) atoms. The fourth-order valence-corrected chi connectivity index (χ4v) is 2.53. The maximum absolute atomic E-state index is 11.2. The highest BCUT2D eigenvalue weighted by molar-refractivity contribution is 5.73. The Morgan fingerprint density at radius 2 is 2.33 bits per heavy atom. The van der Waals surface area contributed by atoms with Gasteiger partial charge in [0.15, 0.2) is 0 Å². The molecule has 3 heteroatoms. The van der Waals surface area contributed by atoms with Crippen molar-refractivity contribution in [3.8, 4) is 0 Å². The van der Waals surface area contributed by atoms with Crippen LogP contribution in [0.15, 0.2) is 18.2 Å². The van der Waals surface area contributed by atoms with Gasteiger partial charge in [-0.3, -0.25) is 4.79 Å². The van der Waals surface area contributed by atoms with Crippen LogP contribution in [-0.2, 0) is 22.4 Å². The third-order valence-electron chi connectivity index (χ3n) is 3.50. The molecule has 0 saturated heterocycles. The van der Waals surface area contributed by atoms with Crippen LogP contribution in [0.25, 0.3) is 0 Å². The lowest BCUT2D eigenvalue weighted by molar-refractivity contribution is -0.139. The first-order valence-electron chi connectivity index (χ1n) is 6.68. The number of carbonyl (C=O) groups excluding carboxylic acids is 1. The molecule has 3 nitrogen and oxygen atoms in total. The molecule has 0 aliphatic carbocycles. The minimum atomic E-state index is -0.178. The Kier molecular flexibility index (Phi) is 4.24. The van der Waals surface area contributed by atoms with E-state index in [2.05, 4.69) is 24.4 Å². The molecule has 0 fully saturated rings. The maximum Gasteiger partial charge on any atom is 0.309 e. The van der Waals surface area contributed by atoms with Gasteiger partial charge in [0.25, 0.3) is 0 Å². The molecule has 0 bridgehead atoms. The number of aryl methyl sites for hydroxylation is 1. The number of ether oxygens (including phenoxy) is 1. The number of esters is 1. The molecule has 1 aromatic carbocycles. The van der Waals surface area contributed by atoms with Crippen LogP contribution in [0.1, 0.15) is 37.3 Å². The average Bonchev–Trinajstić information content (AvgIpc) is 2.39. The molecule has 1 N–H and O–H groups in total. The van der Waals surface area contributed by atoms with E-state index in [-0.39, 0.29) is 5.97 Å². The third kappa shape index (κ3) is 3.03. The fourth-order valence-electron chi connectivity index (χ4n) is 2.53. The van der Waals surface area contributed by atoms with Gasteiger partial charge < -0.3 is 10.1 Å². The van der Waals surface area contributed by atoms with Crippen LogP contribution in [-0.4, -0.2) is 19.1 Å². The third-order valence-corrected chi connectivity index (χ3v) is 3.50. The van der Waals surface area contributed by atoms with Gasteiger partial charge in [-0.25, -0.2) is 0 Å². The van der Waals surface area contributed by atoms with Crippen molar-refractivity contribution in [2.24, 2.45) is 0 Å². The van der Waals surface area contributed by atoms with Gasteiger partial charge in [-0.15, -0.1) is 0 Å². The average molecular weight is 247 g/mol. The van der Waals surface area contributed by atoms with E-state index >= 15 is 0 Å². The van der Waals surface area contributed by atoms with Crippen LogP contribution in [0.5, 0.6) is 0 Å². The summed E-state index contributed by atoms with van der Waals surface area (Å²) in [6.45, 7) is 2.22. The molecular weight excluding hydrogens is 226 g/mol. The first-order chi connectivity index (χ1) is 8.72. The molecule has 0 spiro atoms. The summed E-state index contributed by atoms with van der Waals surface area (Å²) in [5, 5.41) is 3.58. The first-order valence-corrected chi connectivity index (χ1v) is 6.68. The van der Waals surface area contributed by atoms with Crippen molar-refractivity contribution >= 4 is 11.7 Å². The van der Waals surface area contributed by atoms with E-state index in [9.17, 15) is 4.79 Å². The normalized spacial score (nSPS) is 17.8. The van der Waals surface area contributed by atoms with Gasteiger partial charge in [-0.1, -0.05) is 25.5 Å². The van der Waals surface area contributed by atoms with Gasteiger partial charge in [-0.05, 0) is 36.5 Å². The summed E-state index contributed by atoms with van der Waals surface area (Å²) in [5.74, 6) is -0.178. The number of benzene rings is 1. The molecule has 0 amide bonds. The molecule has 1 unspecified atom stereocenters. The quantitative estimate of drug-likeness (QED) is 0.831.